The third-order valence-corrected chi connectivity index (χ3v) is 3.40. The Balaban J connectivity index is 3.29. The quantitative estimate of drug-likeness (QED) is 0.287. The van der Waals surface area contributed by atoms with Crippen LogP contribution in [0.1, 0.15) is 6.92 Å². The van der Waals surface area contributed by atoms with Crippen LogP contribution in [0.15, 0.2) is 12.2 Å². The Labute approximate surface area is 101 Å². The van der Waals surface area contributed by atoms with E-state index < -0.39 is 8.32 Å². The fourth-order valence-electron chi connectivity index (χ4n) is 0.659. The van der Waals surface area contributed by atoms with Gasteiger partial charge in [-0.25, -0.2) is 4.79 Å². The van der Waals surface area contributed by atoms with E-state index in [1.165, 1.54) is 0 Å². The molecule has 0 aromatic carbocycles. The molecule has 0 saturated carbocycles. The molecule has 16 heavy (non-hydrogen) atoms. The highest BCUT2D eigenvalue weighted by Gasteiger charge is 2.13. The molecule has 0 aromatic heterocycles. The zero-order valence-electron chi connectivity index (χ0n) is 10.5. The summed E-state index contributed by atoms with van der Waals surface area (Å²) in [5.74, 6) is -0.370. The molecule has 0 aliphatic rings. The molecule has 4 nitrogen and oxygen atoms in total. The Morgan fingerprint density at radius 3 is 2.44 bits per heavy atom. The van der Waals surface area contributed by atoms with Crippen molar-refractivity contribution in [3.8, 4) is 0 Å². The Morgan fingerprint density at radius 2 is 1.94 bits per heavy atom. The molecule has 0 unspecified atom stereocenters. The Bertz CT molecular complexity index is 235. The van der Waals surface area contributed by atoms with Crippen molar-refractivity contribution in [1.29, 1.82) is 0 Å². The molecule has 0 rings (SSSR count). The van der Waals surface area contributed by atoms with E-state index >= 15 is 0 Å². The minimum absolute atomic E-state index is 0.269. The summed E-state index contributed by atoms with van der Waals surface area (Å²) in [6.07, 6.45) is 0.629. The minimum Gasteiger partial charge on any atom is -0.460 e. The molecular formula is C10H20O4Si2. The van der Waals surface area contributed by atoms with E-state index in [-0.39, 0.29) is 12.6 Å². The zero-order chi connectivity index (χ0) is 12.6. The van der Waals surface area contributed by atoms with E-state index in [2.05, 4.69) is 26.2 Å². The highest BCUT2D eigenvalue weighted by Crippen LogP contribution is 2.00. The lowest BCUT2D eigenvalue weighted by atomic mass is 10.4. The van der Waals surface area contributed by atoms with Crippen LogP contribution in [-0.2, 0) is 18.4 Å². The molecule has 0 aliphatic heterocycles. The van der Waals surface area contributed by atoms with Crippen molar-refractivity contribution < 1.29 is 18.4 Å². The van der Waals surface area contributed by atoms with Gasteiger partial charge in [0.05, 0.1) is 12.8 Å². The highest BCUT2D eigenvalue weighted by molar-refractivity contribution is 6.70. The lowest BCUT2D eigenvalue weighted by Crippen LogP contribution is -2.28. The summed E-state index contributed by atoms with van der Waals surface area (Å²) in [5, 5.41) is 0. The van der Waals surface area contributed by atoms with Crippen LogP contribution < -0.4 is 0 Å². The van der Waals surface area contributed by atoms with Crippen molar-refractivity contribution in [3.63, 3.8) is 0 Å². The van der Waals surface area contributed by atoms with E-state index in [4.69, 9.17) is 13.6 Å². The van der Waals surface area contributed by atoms with Crippen molar-refractivity contribution in [3.05, 3.63) is 12.2 Å². The summed E-state index contributed by atoms with van der Waals surface area (Å²) in [7, 11) is -1.13. The molecule has 0 spiro atoms. The SMILES string of the molecule is C=C(C)C(=O)OCCO[Si]CO[Si](C)(C)C. The van der Waals surface area contributed by atoms with Gasteiger partial charge in [0.2, 0.25) is 0 Å². The average Bonchev–Trinajstić information content (AvgIpc) is 2.14. The second kappa shape index (κ2) is 7.78. The van der Waals surface area contributed by atoms with Crippen molar-refractivity contribution in [1.82, 2.24) is 0 Å². The van der Waals surface area contributed by atoms with Gasteiger partial charge >= 0.3 is 5.97 Å². The lowest BCUT2D eigenvalue weighted by Gasteiger charge is -2.16. The van der Waals surface area contributed by atoms with Gasteiger partial charge in [0, 0.05) is 5.57 Å². The molecule has 0 atom stereocenters. The monoisotopic (exact) mass is 260 g/mol. The van der Waals surface area contributed by atoms with Crippen LogP contribution >= 0.6 is 0 Å². The normalized spacial score (nSPS) is 11.2. The van der Waals surface area contributed by atoms with Crippen molar-refractivity contribution >= 4 is 24.0 Å². The first-order valence-electron chi connectivity index (χ1n) is 5.14. The Hall–Kier alpha value is -0.436. The van der Waals surface area contributed by atoms with Crippen LogP contribution in [0.5, 0.6) is 0 Å². The molecule has 6 heteroatoms. The molecule has 0 aromatic rings. The molecule has 0 fully saturated rings. The smallest absolute Gasteiger partial charge is 0.333 e. The summed E-state index contributed by atoms with van der Waals surface area (Å²) in [4.78, 5) is 11.0. The summed E-state index contributed by atoms with van der Waals surface area (Å²) in [6.45, 7) is 12.2. The predicted octanol–water partition coefficient (Wildman–Crippen LogP) is 1.55. The zero-order valence-corrected chi connectivity index (χ0v) is 12.5. The molecule has 2 radical (unpaired) electrons. The van der Waals surface area contributed by atoms with E-state index in [1.54, 1.807) is 6.92 Å². The van der Waals surface area contributed by atoms with Crippen molar-refractivity contribution in [2.24, 2.45) is 0 Å². The van der Waals surface area contributed by atoms with Gasteiger partial charge in [-0.2, -0.15) is 0 Å². The van der Waals surface area contributed by atoms with Crippen LogP contribution in [0.25, 0.3) is 0 Å². The van der Waals surface area contributed by atoms with Crippen molar-refractivity contribution in [2.45, 2.75) is 26.6 Å². The van der Waals surface area contributed by atoms with Gasteiger partial charge in [0.15, 0.2) is 8.32 Å². The summed E-state index contributed by atoms with van der Waals surface area (Å²) in [6, 6.07) is 0. The first-order chi connectivity index (χ1) is 7.33. The highest BCUT2D eigenvalue weighted by atomic mass is 28.4. The lowest BCUT2D eigenvalue weighted by molar-refractivity contribution is -0.139. The third-order valence-electron chi connectivity index (χ3n) is 1.43. The molecule has 0 bridgehead atoms. The first-order valence-corrected chi connectivity index (χ1v) is 9.66. The van der Waals surface area contributed by atoms with Crippen LogP contribution in [0, 0.1) is 0 Å². The molecular weight excluding hydrogens is 240 g/mol. The fourth-order valence-corrected chi connectivity index (χ4v) is 2.94. The van der Waals surface area contributed by atoms with E-state index in [0.717, 1.165) is 0 Å². The maximum Gasteiger partial charge on any atom is 0.333 e. The molecule has 0 heterocycles. The molecule has 0 N–H and O–H groups in total. The Morgan fingerprint density at radius 1 is 1.31 bits per heavy atom. The molecule has 0 aliphatic carbocycles. The Kier molecular flexibility index (Phi) is 7.56. The fraction of sp³-hybridized carbons (Fsp3) is 0.700. The summed E-state index contributed by atoms with van der Waals surface area (Å²) in [5.41, 5.74) is 0.407. The maximum absolute atomic E-state index is 11.0. The van der Waals surface area contributed by atoms with Gasteiger partial charge < -0.3 is 13.6 Å². The number of carbonyl (C=O) groups is 1. The summed E-state index contributed by atoms with van der Waals surface area (Å²) < 4.78 is 15.7. The number of hydrogen-bond acceptors (Lipinski definition) is 4. The van der Waals surface area contributed by atoms with Gasteiger partial charge in [-0.3, -0.25) is 0 Å². The van der Waals surface area contributed by atoms with Gasteiger partial charge in [-0.05, 0) is 26.6 Å². The number of ether oxygens (including phenoxy) is 1. The third kappa shape index (κ3) is 10.1. The first kappa shape index (κ1) is 15.6. The molecule has 92 valence electrons. The topological polar surface area (TPSA) is 44.8 Å². The van der Waals surface area contributed by atoms with Crippen LogP contribution in [0.3, 0.4) is 0 Å². The maximum atomic E-state index is 11.0. The minimum atomic E-state index is -1.43. The second-order valence-corrected chi connectivity index (χ2v) is 9.69. The summed E-state index contributed by atoms with van der Waals surface area (Å²) >= 11 is 0. The largest absolute Gasteiger partial charge is 0.460 e. The van der Waals surface area contributed by atoms with Gasteiger partial charge in [-0.1, -0.05) is 6.58 Å². The van der Waals surface area contributed by atoms with Crippen molar-refractivity contribution in [2.75, 3.05) is 19.4 Å². The van der Waals surface area contributed by atoms with Crippen LogP contribution in [0.4, 0.5) is 0 Å². The predicted molar refractivity (Wildman–Crippen MR) is 66.8 cm³/mol. The van der Waals surface area contributed by atoms with E-state index in [1.807, 2.05) is 0 Å². The molecule has 0 saturated heterocycles. The number of esters is 1. The van der Waals surface area contributed by atoms with E-state index in [9.17, 15) is 4.79 Å². The molecule has 0 amide bonds. The number of rotatable bonds is 8. The van der Waals surface area contributed by atoms with Gasteiger partial charge in [0.1, 0.15) is 6.61 Å². The van der Waals surface area contributed by atoms with Gasteiger partial charge in [0.25, 0.3) is 9.76 Å². The average molecular weight is 260 g/mol. The number of hydrogen-bond donors (Lipinski definition) is 0. The van der Waals surface area contributed by atoms with Gasteiger partial charge in [-0.15, -0.1) is 0 Å². The van der Waals surface area contributed by atoms with E-state index in [0.29, 0.717) is 28.2 Å². The second-order valence-electron chi connectivity index (χ2n) is 4.31. The van der Waals surface area contributed by atoms with Crippen LogP contribution in [-0.4, -0.2) is 43.5 Å². The van der Waals surface area contributed by atoms with Crippen LogP contribution in [0.2, 0.25) is 19.6 Å². The standard InChI is InChI=1S/C10H20O4Si2/c1-9(2)10(11)12-6-7-13-15-8-14-16(3,4)5/h1,6-8H2,2-5H3. The number of carbonyl (C=O) groups excluding carboxylic acids is 1.